The number of nitrogens with one attached hydrogen (secondary N) is 2. The second-order valence-corrected chi connectivity index (χ2v) is 14.0. The summed E-state index contributed by atoms with van der Waals surface area (Å²) in [5.74, 6) is -0.293. The Morgan fingerprint density at radius 1 is 1.14 bits per heavy atom. The maximum atomic E-state index is 13.5. The zero-order valence-corrected chi connectivity index (χ0v) is 25.3. The lowest BCUT2D eigenvalue weighted by Gasteiger charge is -2.24. The van der Waals surface area contributed by atoms with Crippen LogP contribution in [-0.4, -0.2) is 48.1 Å². The third-order valence-corrected chi connectivity index (χ3v) is 9.48. The van der Waals surface area contributed by atoms with Crippen LogP contribution >= 0.6 is 0 Å². The molecule has 2 aliphatic rings. The number of hydrogen-bond acceptors (Lipinski definition) is 8. The second kappa shape index (κ2) is 10.3. The molecule has 2 aromatic heterocycles. The summed E-state index contributed by atoms with van der Waals surface area (Å²) in [5.41, 5.74) is 1.63. The van der Waals surface area contributed by atoms with Crippen LogP contribution in [0.25, 0.3) is 10.9 Å². The van der Waals surface area contributed by atoms with Crippen LogP contribution in [0.2, 0.25) is 0 Å². The zero-order chi connectivity index (χ0) is 31.7. The van der Waals surface area contributed by atoms with Gasteiger partial charge in [0.15, 0.2) is 17.3 Å². The lowest BCUT2D eigenvalue weighted by molar-refractivity contribution is -0.286. The van der Waals surface area contributed by atoms with E-state index in [9.17, 15) is 27.1 Å². The summed E-state index contributed by atoms with van der Waals surface area (Å²) in [5, 5.41) is 18.2. The van der Waals surface area contributed by atoms with Crippen molar-refractivity contribution in [3.8, 4) is 11.5 Å². The smallest absolute Gasteiger partial charge is 0.395 e. The molecule has 0 unspecified atom stereocenters. The van der Waals surface area contributed by atoms with Crippen LogP contribution in [0.5, 0.6) is 11.5 Å². The van der Waals surface area contributed by atoms with Gasteiger partial charge in [0.25, 0.3) is 0 Å². The quantitative estimate of drug-likeness (QED) is 0.232. The van der Waals surface area contributed by atoms with E-state index in [1.54, 1.807) is 12.1 Å². The van der Waals surface area contributed by atoms with Crippen LogP contribution in [0.1, 0.15) is 53.5 Å². The van der Waals surface area contributed by atoms with E-state index in [1.165, 1.54) is 19.1 Å². The minimum Gasteiger partial charge on any atom is -0.395 e. The Balaban J connectivity index is 0.00000240. The molecule has 0 bridgehead atoms. The first-order valence-corrected chi connectivity index (χ1v) is 15.5. The van der Waals surface area contributed by atoms with Gasteiger partial charge in [-0.2, -0.15) is 0 Å². The number of aryl methyl sites for hydroxylation is 1. The fourth-order valence-electron chi connectivity index (χ4n) is 5.54. The molecule has 1 aliphatic carbocycles. The number of aliphatic hydroxyl groups is 1. The standard InChI is InChI=1S/C30H32F2N4O7S.2H2/c1-17-25(15-33-43-17)44(39,40)34-14-21(37)16-36-22-7-6-20(11-18(22)12-26(36)28(2,3)4)35-27(38)29(9-10-29)19-5-8-23-24(13-19)42-30(31,32)41-23;;/h5-8,11-13,15,21,34,37H,9-10,14,16H2,1-4H3,(H,35,38);2*1H/t21-;;/m0../s1. The molecular weight excluding hydrogens is 598 g/mol. The molecule has 1 fully saturated rings. The van der Waals surface area contributed by atoms with E-state index in [0.717, 1.165) is 22.8 Å². The third kappa shape index (κ3) is 5.53. The SMILES string of the molecule is Cc1oncc1S(=O)(=O)NC[C@H](O)Cn1c(C(C)(C)C)cc2cc(NC(=O)C3(c4ccc5c(c4)OC(F)(F)O5)CC3)ccc21.[HH].[HH]. The summed E-state index contributed by atoms with van der Waals surface area (Å²) in [4.78, 5) is 13.4. The van der Waals surface area contributed by atoms with E-state index in [1.807, 2.05) is 43.5 Å². The minimum atomic E-state index is -3.92. The lowest BCUT2D eigenvalue weighted by atomic mass is 9.92. The number of nitrogens with zero attached hydrogens (tertiary/aromatic N) is 2. The van der Waals surface area contributed by atoms with Gasteiger partial charge in [0.2, 0.25) is 15.9 Å². The Hall–Kier alpha value is -4.01. The number of amides is 1. The maximum absolute atomic E-state index is 13.5. The molecule has 0 saturated heterocycles. The van der Waals surface area contributed by atoms with E-state index in [4.69, 9.17) is 4.52 Å². The summed E-state index contributed by atoms with van der Waals surface area (Å²) in [7, 11) is -3.92. The number of halogens is 2. The molecular formula is C30H36F2N4O7S. The number of carbonyl (C=O) groups excluding carboxylic acids is 1. The molecule has 6 rings (SSSR count). The van der Waals surface area contributed by atoms with Gasteiger partial charge in [-0.25, -0.2) is 13.1 Å². The first-order valence-electron chi connectivity index (χ1n) is 14.0. The molecule has 1 saturated carbocycles. The molecule has 1 amide bonds. The molecule has 4 aromatic rings. The third-order valence-electron chi connectivity index (χ3n) is 7.96. The van der Waals surface area contributed by atoms with Gasteiger partial charge in [-0.3, -0.25) is 4.79 Å². The minimum absolute atomic E-state index is 0. The van der Waals surface area contributed by atoms with Crippen molar-refractivity contribution in [2.24, 2.45) is 0 Å². The predicted molar refractivity (Wildman–Crippen MR) is 159 cm³/mol. The van der Waals surface area contributed by atoms with Crippen molar-refractivity contribution in [3.05, 3.63) is 65.7 Å². The first kappa shape index (κ1) is 30.0. The summed E-state index contributed by atoms with van der Waals surface area (Å²) < 4.78 is 70.5. The van der Waals surface area contributed by atoms with Gasteiger partial charge < -0.3 is 29.0 Å². The van der Waals surface area contributed by atoms with E-state index in [0.29, 0.717) is 24.1 Å². The molecule has 14 heteroatoms. The Labute approximate surface area is 255 Å². The topological polar surface area (TPSA) is 145 Å². The normalized spacial score (nSPS) is 17.5. The zero-order valence-electron chi connectivity index (χ0n) is 24.5. The van der Waals surface area contributed by atoms with Gasteiger partial charge in [-0.1, -0.05) is 32.0 Å². The van der Waals surface area contributed by atoms with Gasteiger partial charge >= 0.3 is 6.29 Å². The highest BCUT2D eigenvalue weighted by molar-refractivity contribution is 7.89. The van der Waals surface area contributed by atoms with Crippen molar-refractivity contribution < 1.29 is 43.9 Å². The van der Waals surface area contributed by atoms with Crippen molar-refractivity contribution >= 4 is 32.5 Å². The Morgan fingerprint density at radius 3 is 2.52 bits per heavy atom. The fraction of sp³-hybridized carbons (Fsp3) is 0.400. The highest BCUT2D eigenvalue weighted by Gasteiger charge is 2.52. The summed E-state index contributed by atoms with van der Waals surface area (Å²) in [6.45, 7) is 7.46. The Kier molecular flexibility index (Phi) is 7.02. The highest BCUT2D eigenvalue weighted by atomic mass is 32.2. The van der Waals surface area contributed by atoms with Crippen LogP contribution in [-0.2, 0) is 32.2 Å². The maximum Gasteiger partial charge on any atom is 0.586 e. The van der Waals surface area contributed by atoms with Gasteiger partial charge in [0.05, 0.1) is 24.3 Å². The molecule has 3 N–H and O–H groups in total. The largest absolute Gasteiger partial charge is 0.586 e. The molecule has 3 heterocycles. The van der Waals surface area contributed by atoms with Crippen molar-refractivity contribution in [2.45, 2.75) is 75.2 Å². The lowest BCUT2D eigenvalue weighted by Crippen LogP contribution is -2.35. The Morgan fingerprint density at radius 2 is 1.86 bits per heavy atom. The van der Waals surface area contributed by atoms with Crippen LogP contribution in [0.3, 0.4) is 0 Å². The van der Waals surface area contributed by atoms with Crippen molar-refractivity contribution in [2.75, 3.05) is 11.9 Å². The van der Waals surface area contributed by atoms with Crippen molar-refractivity contribution in [3.63, 3.8) is 0 Å². The summed E-state index contributed by atoms with van der Waals surface area (Å²) in [6, 6.07) is 11.8. The van der Waals surface area contributed by atoms with Gasteiger partial charge in [-0.15, -0.1) is 8.78 Å². The molecule has 0 spiro atoms. The monoisotopic (exact) mass is 634 g/mol. The van der Waals surface area contributed by atoms with Crippen LogP contribution in [0, 0.1) is 6.92 Å². The molecule has 1 atom stereocenters. The molecule has 11 nitrogen and oxygen atoms in total. The van der Waals surface area contributed by atoms with Gasteiger partial charge in [-0.05, 0) is 61.7 Å². The first-order chi connectivity index (χ1) is 20.6. The highest BCUT2D eigenvalue weighted by Crippen LogP contribution is 2.52. The molecule has 0 radical (unpaired) electrons. The van der Waals surface area contributed by atoms with E-state index in [2.05, 4.69) is 24.7 Å². The molecule has 1 aliphatic heterocycles. The number of ether oxygens (including phenoxy) is 2. The number of anilines is 1. The number of rotatable bonds is 9. The van der Waals surface area contributed by atoms with Crippen LogP contribution in [0.4, 0.5) is 14.5 Å². The number of aliphatic hydroxyl groups excluding tert-OH is 1. The molecule has 238 valence electrons. The molecule has 2 aromatic carbocycles. The average molecular weight is 635 g/mol. The number of sulfonamides is 1. The van der Waals surface area contributed by atoms with Gasteiger partial charge in [0, 0.05) is 37.1 Å². The average Bonchev–Trinajstić information content (AvgIpc) is 3.34. The van der Waals surface area contributed by atoms with E-state index >= 15 is 0 Å². The second-order valence-electron chi connectivity index (χ2n) is 12.3. The van der Waals surface area contributed by atoms with E-state index in [-0.39, 0.29) is 49.4 Å². The van der Waals surface area contributed by atoms with Crippen molar-refractivity contribution in [1.82, 2.24) is 14.4 Å². The van der Waals surface area contributed by atoms with Crippen LogP contribution in [0.15, 0.2) is 58.1 Å². The Bertz CT molecular complexity index is 1890. The number of alkyl halides is 2. The number of hydrogen-bond donors (Lipinski definition) is 3. The van der Waals surface area contributed by atoms with Crippen LogP contribution < -0.4 is 19.5 Å². The fourth-order valence-corrected chi connectivity index (χ4v) is 6.71. The number of fused-ring (bicyclic) bond motifs is 2. The van der Waals surface area contributed by atoms with Crippen molar-refractivity contribution in [1.29, 1.82) is 0 Å². The summed E-state index contributed by atoms with van der Waals surface area (Å²) in [6.07, 6.45) is -2.57. The molecule has 44 heavy (non-hydrogen) atoms. The predicted octanol–water partition coefficient (Wildman–Crippen LogP) is 5.06. The number of benzene rings is 2. The van der Waals surface area contributed by atoms with E-state index < -0.39 is 27.8 Å². The number of aromatic nitrogens is 2. The summed E-state index contributed by atoms with van der Waals surface area (Å²) >= 11 is 0. The number of carbonyl (C=O) groups is 1. The van der Waals surface area contributed by atoms with Gasteiger partial charge in [0.1, 0.15) is 4.90 Å².